The number of aromatic nitrogens is 2. The number of nitrogen functional groups attached to an aromatic ring is 1. The average molecular weight is 288 g/mol. The van der Waals surface area contributed by atoms with Gasteiger partial charge in [-0.05, 0) is 24.6 Å². The van der Waals surface area contributed by atoms with E-state index in [-0.39, 0.29) is 5.91 Å². The fraction of sp³-hybridized carbons (Fsp3) is 0.333. The van der Waals surface area contributed by atoms with Gasteiger partial charge in [0.15, 0.2) is 0 Å². The van der Waals surface area contributed by atoms with E-state index in [9.17, 15) is 4.79 Å². The van der Waals surface area contributed by atoms with Crippen molar-refractivity contribution in [2.45, 2.75) is 13.5 Å². The van der Waals surface area contributed by atoms with Crippen LogP contribution in [-0.2, 0) is 13.6 Å². The number of carbonyl (C=O) groups excluding carboxylic acids is 1. The first kappa shape index (κ1) is 14.9. The first-order chi connectivity index (χ1) is 9.93. The van der Waals surface area contributed by atoms with Crippen molar-refractivity contribution in [1.29, 1.82) is 0 Å². The summed E-state index contributed by atoms with van der Waals surface area (Å²) in [5.41, 5.74) is 8.43. The van der Waals surface area contributed by atoms with Gasteiger partial charge in [-0.3, -0.25) is 9.48 Å². The standard InChI is InChI=1S/C15H20N4O2/c1-10-13(16)14(19(3)17-10)15(20)18(2)9-11-6-5-7-12(8-11)21-4/h5-8H,9,16H2,1-4H3. The molecule has 2 rings (SSSR count). The molecular weight excluding hydrogens is 268 g/mol. The lowest BCUT2D eigenvalue weighted by atomic mass is 10.2. The molecule has 6 heteroatoms. The van der Waals surface area contributed by atoms with Gasteiger partial charge in [0.1, 0.15) is 11.4 Å². The Morgan fingerprint density at radius 3 is 2.76 bits per heavy atom. The smallest absolute Gasteiger partial charge is 0.274 e. The minimum Gasteiger partial charge on any atom is -0.497 e. The van der Waals surface area contributed by atoms with Gasteiger partial charge in [0.25, 0.3) is 5.91 Å². The van der Waals surface area contributed by atoms with Crippen LogP contribution in [0.5, 0.6) is 5.75 Å². The van der Waals surface area contributed by atoms with Crippen molar-refractivity contribution < 1.29 is 9.53 Å². The maximum Gasteiger partial charge on any atom is 0.274 e. The number of rotatable bonds is 4. The maximum atomic E-state index is 12.5. The number of nitrogens with zero attached hydrogens (tertiary/aromatic N) is 3. The van der Waals surface area contributed by atoms with E-state index in [1.165, 1.54) is 4.68 Å². The number of anilines is 1. The van der Waals surface area contributed by atoms with E-state index in [0.29, 0.717) is 23.6 Å². The second-order valence-corrected chi connectivity index (χ2v) is 4.98. The van der Waals surface area contributed by atoms with Gasteiger partial charge in [0.05, 0.1) is 18.5 Å². The molecule has 0 saturated heterocycles. The summed E-state index contributed by atoms with van der Waals surface area (Å²) >= 11 is 0. The number of carbonyl (C=O) groups is 1. The summed E-state index contributed by atoms with van der Waals surface area (Å²) in [6.45, 7) is 2.26. The second kappa shape index (κ2) is 5.87. The SMILES string of the molecule is COc1cccc(CN(C)C(=O)c2c(N)c(C)nn2C)c1. The van der Waals surface area contributed by atoms with E-state index >= 15 is 0 Å². The van der Waals surface area contributed by atoms with E-state index in [0.717, 1.165) is 11.3 Å². The van der Waals surface area contributed by atoms with Crippen LogP contribution in [0.15, 0.2) is 24.3 Å². The van der Waals surface area contributed by atoms with Crippen molar-refractivity contribution in [3.63, 3.8) is 0 Å². The highest BCUT2D eigenvalue weighted by Gasteiger charge is 2.21. The van der Waals surface area contributed by atoms with Crippen molar-refractivity contribution in [3.8, 4) is 5.75 Å². The predicted octanol–water partition coefficient (Wildman–Crippen LogP) is 1.59. The van der Waals surface area contributed by atoms with Crippen LogP contribution in [0, 0.1) is 6.92 Å². The van der Waals surface area contributed by atoms with Gasteiger partial charge in [0.2, 0.25) is 0 Å². The molecule has 6 nitrogen and oxygen atoms in total. The third-order valence-corrected chi connectivity index (χ3v) is 3.37. The minimum absolute atomic E-state index is 0.154. The molecule has 0 saturated carbocycles. The number of ether oxygens (including phenoxy) is 1. The topological polar surface area (TPSA) is 73.4 Å². The second-order valence-electron chi connectivity index (χ2n) is 4.98. The number of hydrogen-bond acceptors (Lipinski definition) is 4. The number of benzene rings is 1. The summed E-state index contributed by atoms with van der Waals surface area (Å²) in [4.78, 5) is 14.1. The van der Waals surface area contributed by atoms with Crippen LogP contribution in [0.3, 0.4) is 0 Å². The summed E-state index contributed by atoms with van der Waals surface area (Å²) in [6.07, 6.45) is 0. The molecule has 1 amide bonds. The lowest BCUT2D eigenvalue weighted by Crippen LogP contribution is -2.28. The van der Waals surface area contributed by atoms with Crippen LogP contribution in [0.25, 0.3) is 0 Å². The van der Waals surface area contributed by atoms with Crippen LogP contribution in [0.1, 0.15) is 21.7 Å². The van der Waals surface area contributed by atoms with E-state index in [2.05, 4.69) is 5.10 Å². The molecule has 0 unspecified atom stereocenters. The molecule has 1 aromatic heterocycles. The first-order valence-electron chi connectivity index (χ1n) is 6.61. The van der Waals surface area contributed by atoms with Gasteiger partial charge in [0, 0.05) is 20.6 Å². The molecule has 2 aromatic rings. The third kappa shape index (κ3) is 2.99. The van der Waals surface area contributed by atoms with Gasteiger partial charge in [-0.2, -0.15) is 5.10 Å². The molecule has 112 valence electrons. The van der Waals surface area contributed by atoms with Gasteiger partial charge in [-0.15, -0.1) is 0 Å². The van der Waals surface area contributed by atoms with E-state index in [1.54, 1.807) is 33.0 Å². The molecule has 0 spiro atoms. The van der Waals surface area contributed by atoms with Crippen molar-refractivity contribution in [2.75, 3.05) is 19.9 Å². The molecule has 0 atom stereocenters. The Morgan fingerprint density at radius 1 is 1.48 bits per heavy atom. The third-order valence-electron chi connectivity index (χ3n) is 3.37. The predicted molar refractivity (Wildman–Crippen MR) is 81.1 cm³/mol. The fourth-order valence-electron chi connectivity index (χ4n) is 2.23. The molecule has 0 radical (unpaired) electrons. The van der Waals surface area contributed by atoms with Crippen molar-refractivity contribution in [2.24, 2.45) is 7.05 Å². The molecule has 0 aliphatic heterocycles. The zero-order valence-electron chi connectivity index (χ0n) is 12.8. The highest BCUT2D eigenvalue weighted by Crippen LogP contribution is 2.19. The number of hydrogen-bond donors (Lipinski definition) is 1. The summed E-state index contributed by atoms with van der Waals surface area (Å²) in [6, 6.07) is 7.62. The molecule has 0 bridgehead atoms. The largest absolute Gasteiger partial charge is 0.497 e. The van der Waals surface area contributed by atoms with Crippen LogP contribution >= 0.6 is 0 Å². The number of amides is 1. The van der Waals surface area contributed by atoms with Crippen molar-refractivity contribution in [1.82, 2.24) is 14.7 Å². The zero-order chi connectivity index (χ0) is 15.6. The molecule has 1 heterocycles. The normalized spacial score (nSPS) is 10.5. The number of aryl methyl sites for hydroxylation is 2. The van der Waals surface area contributed by atoms with E-state index in [4.69, 9.17) is 10.5 Å². The highest BCUT2D eigenvalue weighted by molar-refractivity contribution is 5.97. The van der Waals surface area contributed by atoms with E-state index in [1.807, 2.05) is 24.3 Å². The Kier molecular flexibility index (Phi) is 4.16. The van der Waals surface area contributed by atoms with Crippen LogP contribution in [-0.4, -0.2) is 34.7 Å². The molecule has 0 fully saturated rings. The molecule has 21 heavy (non-hydrogen) atoms. The lowest BCUT2D eigenvalue weighted by molar-refractivity contribution is 0.0775. The lowest BCUT2D eigenvalue weighted by Gasteiger charge is -2.18. The summed E-state index contributed by atoms with van der Waals surface area (Å²) in [5, 5.41) is 4.17. The average Bonchev–Trinajstić information content (AvgIpc) is 2.71. The van der Waals surface area contributed by atoms with Gasteiger partial charge < -0.3 is 15.4 Å². The van der Waals surface area contributed by atoms with Gasteiger partial charge in [-0.25, -0.2) is 0 Å². The molecule has 2 N–H and O–H groups in total. The van der Waals surface area contributed by atoms with Crippen LogP contribution in [0.2, 0.25) is 0 Å². The Morgan fingerprint density at radius 2 is 2.19 bits per heavy atom. The zero-order valence-corrected chi connectivity index (χ0v) is 12.8. The molecule has 0 aliphatic carbocycles. The van der Waals surface area contributed by atoms with Crippen LogP contribution < -0.4 is 10.5 Å². The Balaban J connectivity index is 2.19. The van der Waals surface area contributed by atoms with Gasteiger partial charge >= 0.3 is 0 Å². The number of methoxy groups -OCH3 is 1. The van der Waals surface area contributed by atoms with Gasteiger partial charge in [-0.1, -0.05) is 12.1 Å². The fourth-order valence-corrected chi connectivity index (χ4v) is 2.23. The highest BCUT2D eigenvalue weighted by atomic mass is 16.5. The number of nitrogens with two attached hydrogens (primary N) is 1. The summed E-state index contributed by atoms with van der Waals surface area (Å²) in [5.74, 6) is 0.614. The van der Waals surface area contributed by atoms with E-state index < -0.39 is 0 Å². The molecule has 0 aliphatic rings. The minimum atomic E-state index is -0.154. The Hall–Kier alpha value is -2.50. The quantitative estimate of drug-likeness (QED) is 0.927. The summed E-state index contributed by atoms with van der Waals surface area (Å²) in [7, 11) is 5.08. The van der Waals surface area contributed by atoms with Crippen molar-refractivity contribution in [3.05, 3.63) is 41.2 Å². The summed E-state index contributed by atoms with van der Waals surface area (Å²) < 4.78 is 6.71. The van der Waals surface area contributed by atoms with Crippen molar-refractivity contribution >= 4 is 11.6 Å². The Bertz CT molecular complexity index is 664. The maximum absolute atomic E-state index is 12.5. The van der Waals surface area contributed by atoms with Crippen LogP contribution in [0.4, 0.5) is 5.69 Å². The molecular formula is C15H20N4O2. The Labute approximate surface area is 124 Å². The molecule has 1 aromatic carbocycles. The monoisotopic (exact) mass is 288 g/mol. The first-order valence-corrected chi connectivity index (χ1v) is 6.61.